The van der Waals surface area contributed by atoms with Gasteiger partial charge in [-0.05, 0) is 62.7 Å². The van der Waals surface area contributed by atoms with Gasteiger partial charge >= 0.3 is 0 Å². The summed E-state index contributed by atoms with van der Waals surface area (Å²) in [6, 6.07) is 14.5. The first-order valence-corrected chi connectivity index (χ1v) is 13.0. The molecule has 6 heteroatoms. The summed E-state index contributed by atoms with van der Waals surface area (Å²) in [6.07, 6.45) is 0. The molecule has 0 radical (unpaired) electrons. The van der Waals surface area contributed by atoms with Crippen molar-refractivity contribution >= 4 is 25.4 Å². The molecule has 1 aliphatic rings. The second-order valence-corrected chi connectivity index (χ2v) is 12.4. The Kier molecular flexibility index (Phi) is 6.08. The molecule has 3 atom stereocenters. The van der Waals surface area contributed by atoms with E-state index in [-0.39, 0.29) is 17.6 Å². The van der Waals surface area contributed by atoms with E-state index in [9.17, 15) is 12.6 Å². The average molecular weight is 432 g/mol. The maximum atomic E-state index is 13.5. The predicted molar refractivity (Wildman–Crippen MR) is 121 cm³/mol. The molecule has 1 heterocycles. The molecule has 2 aromatic rings. The summed E-state index contributed by atoms with van der Waals surface area (Å²) in [6.45, 7) is 10.8. The largest absolute Gasteiger partial charge is 0.248 e. The molecule has 1 fully saturated rings. The third-order valence-electron chi connectivity index (χ3n) is 5.66. The van der Waals surface area contributed by atoms with E-state index in [2.05, 4.69) is 12.4 Å². The summed E-state index contributed by atoms with van der Waals surface area (Å²) in [5.74, 6) is 3.81. The van der Waals surface area contributed by atoms with E-state index in [1.807, 2.05) is 61.5 Å². The maximum absolute atomic E-state index is 13.5. The Morgan fingerprint density at radius 3 is 1.90 bits per heavy atom. The Bertz CT molecular complexity index is 1100. The van der Waals surface area contributed by atoms with Crippen LogP contribution in [-0.4, -0.2) is 41.6 Å². The zero-order chi connectivity index (χ0) is 21.4. The van der Waals surface area contributed by atoms with E-state index in [1.165, 1.54) is 0 Å². The molecule has 0 aliphatic carbocycles. The van der Waals surface area contributed by atoms with Gasteiger partial charge in [-0.2, -0.15) is 0 Å². The van der Waals surface area contributed by atoms with Crippen LogP contribution in [0.3, 0.4) is 0 Å². The topological polar surface area (TPSA) is 54.5 Å². The molecule has 2 aromatic carbocycles. The first kappa shape index (κ1) is 21.8. The van der Waals surface area contributed by atoms with Crippen LogP contribution in [0.15, 0.2) is 70.5 Å². The van der Waals surface area contributed by atoms with Gasteiger partial charge in [0.15, 0.2) is 9.84 Å². The highest BCUT2D eigenvalue weighted by atomic mass is 32.2. The van der Waals surface area contributed by atoms with E-state index < -0.39 is 19.5 Å². The number of rotatable bonds is 6. The minimum Gasteiger partial charge on any atom is -0.248 e. The van der Waals surface area contributed by atoms with Crippen molar-refractivity contribution in [2.24, 2.45) is 11.8 Å². The van der Waals surface area contributed by atoms with Crippen LogP contribution in [0, 0.1) is 25.7 Å². The molecule has 3 rings (SSSR count). The van der Waals surface area contributed by atoms with Crippen LogP contribution in [0.5, 0.6) is 0 Å². The highest BCUT2D eigenvalue weighted by Gasteiger charge is 2.39. The Balaban J connectivity index is 1.87. The molecule has 1 saturated heterocycles. The second-order valence-electron chi connectivity index (χ2n) is 8.11. The summed E-state index contributed by atoms with van der Waals surface area (Å²) in [4.78, 5) is 1.00. The van der Waals surface area contributed by atoms with Gasteiger partial charge in [0, 0.05) is 18.0 Å². The van der Waals surface area contributed by atoms with Crippen molar-refractivity contribution in [3.8, 4) is 0 Å². The van der Waals surface area contributed by atoms with Crippen LogP contribution in [0.4, 0.5) is 0 Å². The van der Waals surface area contributed by atoms with Crippen molar-refractivity contribution in [1.29, 1.82) is 0 Å². The lowest BCUT2D eigenvalue weighted by Crippen LogP contribution is -2.29. The van der Waals surface area contributed by atoms with Gasteiger partial charge in [-0.3, -0.25) is 0 Å². The van der Waals surface area contributed by atoms with E-state index in [0.29, 0.717) is 22.9 Å². The molecule has 0 bridgehead atoms. The molecule has 0 N–H and O–H groups in total. The third-order valence-corrected chi connectivity index (χ3v) is 9.66. The van der Waals surface area contributed by atoms with E-state index in [0.717, 1.165) is 16.7 Å². The van der Waals surface area contributed by atoms with Crippen molar-refractivity contribution in [2.45, 2.75) is 30.6 Å². The lowest BCUT2D eigenvalue weighted by atomic mass is 9.92. The number of aryl methyl sites for hydroxylation is 2. The maximum Gasteiger partial charge on any atom is 0.178 e. The summed E-state index contributed by atoms with van der Waals surface area (Å²) >= 11 is 0. The van der Waals surface area contributed by atoms with Crippen LogP contribution in [-0.2, 0) is 19.5 Å². The zero-order valence-electron chi connectivity index (χ0n) is 17.3. The monoisotopic (exact) mass is 431 g/mol. The molecule has 0 aromatic heterocycles. The van der Waals surface area contributed by atoms with Gasteiger partial charge in [-0.15, -0.1) is 0 Å². The number of hydrogen-bond donors (Lipinski definition) is 0. The third kappa shape index (κ3) is 4.65. The average Bonchev–Trinajstić information content (AvgIpc) is 3.06. The fraction of sp³-hybridized carbons (Fsp3) is 0.348. The van der Waals surface area contributed by atoms with E-state index in [1.54, 1.807) is 12.1 Å². The predicted octanol–water partition coefficient (Wildman–Crippen LogP) is 3.89. The van der Waals surface area contributed by atoms with Crippen molar-refractivity contribution < 1.29 is 12.6 Å². The highest BCUT2D eigenvalue weighted by Crippen LogP contribution is 2.34. The molecule has 0 saturated carbocycles. The smallest absolute Gasteiger partial charge is 0.178 e. The number of benzene rings is 2. The molecular formula is C23H29NO3S2. The summed E-state index contributed by atoms with van der Waals surface area (Å²) < 4.78 is 41.4. The Morgan fingerprint density at radius 1 is 0.931 bits per heavy atom. The molecule has 29 heavy (non-hydrogen) atoms. The minimum absolute atomic E-state index is 0.00745. The number of hydrogen-bond acceptors (Lipinski definition) is 3. The van der Waals surface area contributed by atoms with Gasteiger partial charge in [-0.1, -0.05) is 47.5 Å². The fourth-order valence-electron chi connectivity index (χ4n) is 3.82. The zero-order valence-corrected chi connectivity index (χ0v) is 18.9. The first-order chi connectivity index (χ1) is 13.5. The minimum atomic E-state index is -3.45. The molecule has 156 valence electrons. The van der Waals surface area contributed by atoms with E-state index >= 15 is 0 Å². The Labute approximate surface area is 175 Å². The molecule has 1 aliphatic heterocycles. The van der Waals surface area contributed by atoms with Gasteiger partial charge in [0.1, 0.15) is 0 Å². The lowest BCUT2D eigenvalue weighted by molar-refractivity contribution is 0.500. The first-order valence-electron chi connectivity index (χ1n) is 9.64. The van der Waals surface area contributed by atoms with Crippen molar-refractivity contribution in [2.75, 3.05) is 18.8 Å². The standard InChI is InChI=1S/C23H29NO3S2/c1-17(2)23-15-24(28(5,25)21-10-6-18(3)7-11-21)14-20(23)16-29(26,27)22-12-8-19(4)9-13-22/h6-13,20,23H,1,5,14-16H2,2-4H3/t20-,23-,28?/m0/s1. The summed E-state index contributed by atoms with van der Waals surface area (Å²) in [5.41, 5.74) is 3.02. The van der Waals surface area contributed by atoms with Crippen LogP contribution in [0.2, 0.25) is 0 Å². The Hall–Kier alpha value is -1.89. The Morgan fingerprint density at radius 2 is 1.41 bits per heavy atom. The van der Waals surface area contributed by atoms with Crippen molar-refractivity contribution in [3.05, 3.63) is 71.8 Å². The SMILES string of the molecule is C=C(C)[C@@H]1CN(S(=C)(=O)c2ccc(C)cc2)C[C@H]1CS(=O)(=O)c1ccc(C)cc1. The lowest BCUT2D eigenvalue weighted by Gasteiger charge is -2.22. The highest BCUT2D eigenvalue weighted by molar-refractivity contribution is 7.98. The van der Waals surface area contributed by atoms with Gasteiger partial charge in [0.05, 0.1) is 20.4 Å². The van der Waals surface area contributed by atoms with Crippen LogP contribution in [0.25, 0.3) is 0 Å². The molecular weight excluding hydrogens is 402 g/mol. The van der Waals surface area contributed by atoms with Crippen LogP contribution < -0.4 is 0 Å². The molecule has 0 spiro atoms. The fourth-order valence-corrected chi connectivity index (χ4v) is 7.16. The van der Waals surface area contributed by atoms with Crippen LogP contribution in [0.1, 0.15) is 18.1 Å². The van der Waals surface area contributed by atoms with Crippen molar-refractivity contribution in [1.82, 2.24) is 4.31 Å². The molecule has 1 unspecified atom stereocenters. The summed E-state index contributed by atoms with van der Waals surface area (Å²) in [7, 11) is -6.13. The molecule has 0 amide bonds. The summed E-state index contributed by atoms with van der Waals surface area (Å²) in [5, 5.41) is 0. The number of nitrogens with zero attached hydrogens (tertiary/aromatic N) is 1. The number of sulfone groups is 1. The van der Waals surface area contributed by atoms with Crippen molar-refractivity contribution in [3.63, 3.8) is 0 Å². The van der Waals surface area contributed by atoms with Crippen LogP contribution >= 0.6 is 0 Å². The van der Waals surface area contributed by atoms with Gasteiger partial charge < -0.3 is 0 Å². The van der Waals surface area contributed by atoms with Gasteiger partial charge in [-0.25, -0.2) is 16.9 Å². The van der Waals surface area contributed by atoms with Gasteiger partial charge in [0.2, 0.25) is 0 Å². The van der Waals surface area contributed by atoms with E-state index in [4.69, 9.17) is 0 Å². The second kappa shape index (κ2) is 8.09. The normalized spacial score (nSPS) is 22.3. The van der Waals surface area contributed by atoms with Gasteiger partial charge in [0.25, 0.3) is 0 Å². The molecule has 4 nitrogen and oxygen atoms in total. The quantitative estimate of drug-likeness (QED) is 0.515.